The maximum atomic E-state index is 4.22. The molecule has 1 aliphatic rings. The first-order chi connectivity index (χ1) is 6.86. The molecule has 3 rings (SSSR count). The summed E-state index contributed by atoms with van der Waals surface area (Å²) in [4.78, 5) is 0. The highest BCUT2D eigenvalue weighted by Gasteiger charge is 2.12. The largest absolute Gasteiger partial charge is 0.302 e. The number of nitrogens with zero attached hydrogens (tertiary/aromatic N) is 2. The molecular weight excluding hydrogens is 174 g/mol. The minimum atomic E-state index is 0.812. The third-order valence-corrected chi connectivity index (χ3v) is 2.61. The van der Waals surface area contributed by atoms with E-state index in [2.05, 4.69) is 45.4 Å². The standard InChI is InChI=1S/C11H11N3/c1-8-13-12-7-10-6-9-4-2-3-5-11(9)14(8)10/h2-6,12H,7H2,1H3. The van der Waals surface area contributed by atoms with E-state index < -0.39 is 0 Å². The van der Waals surface area contributed by atoms with Gasteiger partial charge in [-0.05, 0) is 19.1 Å². The molecule has 1 N–H and O–H groups in total. The van der Waals surface area contributed by atoms with Gasteiger partial charge in [0, 0.05) is 11.1 Å². The van der Waals surface area contributed by atoms with Gasteiger partial charge < -0.3 is 5.43 Å². The fourth-order valence-corrected chi connectivity index (χ4v) is 2.01. The zero-order valence-electron chi connectivity index (χ0n) is 7.99. The van der Waals surface area contributed by atoms with Crippen LogP contribution in [0.25, 0.3) is 10.9 Å². The van der Waals surface area contributed by atoms with Gasteiger partial charge in [0.2, 0.25) is 0 Å². The molecule has 1 aromatic carbocycles. The first kappa shape index (κ1) is 7.62. The fraction of sp³-hybridized carbons (Fsp3) is 0.182. The molecule has 70 valence electrons. The lowest BCUT2D eigenvalue weighted by atomic mass is 10.2. The fourth-order valence-electron chi connectivity index (χ4n) is 2.01. The van der Waals surface area contributed by atoms with Crippen molar-refractivity contribution in [1.29, 1.82) is 0 Å². The van der Waals surface area contributed by atoms with Crippen LogP contribution in [0.1, 0.15) is 12.6 Å². The minimum Gasteiger partial charge on any atom is -0.302 e. The molecule has 3 nitrogen and oxygen atoms in total. The second kappa shape index (κ2) is 2.61. The summed E-state index contributed by atoms with van der Waals surface area (Å²) in [5, 5.41) is 5.50. The topological polar surface area (TPSA) is 29.3 Å². The molecule has 0 unspecified atom stereocenters. The molecular formula is C11H11N3. The van der Waals surface area contributed by atoms with Crippen molar-refractivity contribution >= 4 is 16.7 Å². The second-order valence-electron chi connectivity index (χ2n) is 3.52. The van der Waals surface area contributed by atoms with Crippen LogP contribution >= 0.6 is 0 Å². The van der Waals surface area contributed by atoms with Crippen LogP contribution < -0.4 is 5.43 Å². The maximum absolute atomic E-state index is 4.22. The van der Waals surface area contributed by atoms with E-state index in [0.29, 0.717) is 0 Å². The van der Waals surface area contributed by atoms with Crippen LogP contribution in [-0.2, 0) is 6.54 Å². The van der Waals surface area contributed by atoms with Crippen molar-refractivity contribution in [1.82, 2.24) is 9.99 Å². The van der Waals surface area contributed by atoms with Gasteiger partial charge in [-0.25, -0.2) is 0 Å². The number of benzene rings is 1. The molecule has 0 spiro atoms. The Morgan fingerprint density at radius 3 is 3.14 bits per heavy atom. The summed E-state index contributed by atoms with van der Waals surface area (Å²) in [5.74, 6) is 1.01. The third kappa shape index (κ3) is 0.894. The van der Waals surface area contributed by atoms with E-state index in [1.54, 1.807) is 0 Å². The predicted octanol–water partition coefficient (Wildman–Crippen LogP) is 1.93. The quantitative estimate of drug-likeness (QED) is 0.667. The SMILES string of the molecule is CC1=NNCc2cc3ccccc3n21. The molecule has 0 amide bonds. The average Bonchev–Trinajstić information content (AvgIpc) is 2.57. The highest BCUT2D eigenvalue weighted by molar-refractivity contribution is 5.95. The average molecular weight is 185 g/mol. The lowest BCUT2D eigenvalue weighted by Gasteiger charge is -2.15. The molecule has 0 bridgehead atoms. The van der Waals surface area contributed by atoms with Crippen LogP contribution in [0.2, 0.25) is 0 Å². The molecule has 0 saturated heterocycles. The minimum absolute atomic E-state index is 0.812. The summed E-state index contributed by atoms with van der Waals surface area (Å²) in [6, 6.07) is 10.6. The Balaban J connectivity index is 2.42. The number of para-hydroxylation sites is 1. The van der Waals surface area contributed by atoms with E-state index >= 15 is 0 Å². The molecule has 2 heterocycles. The van der Waals surface area contributed by atoms with E-state index in [9.17, 15) is 0 Å². The monoisotopic (exact) mass is 185 g/mol. The summed E-state index contributed by atoms with van der Waals surface area (Å²) in [5.41, 5.74) is 5.54. The molecule has 0 saturated carbocycles. The van der Waals surface area contributed by atoms with E-state index in [-0.39, 0.29) is 0 Å². The number of hydrazone groups is 1. The normalized spacial score (nSPS) is 14.8. The zero-order valence-corrected chi connectivity index (χ0v) is 7.99. The number of hydrogen-bond donors (Lipinski definition) is 1. The van der Waals surface area contributed by atoms with Gasteiger partial charge in [-0.1, -0.05) is 18.2 Å². The van der Waals surface area contributed by atoms with Crippen molar-refractivity contribution in [2.24, 2.45) is 5.10 Å². The van der Waals surface area contributed by atoms with Gasteiger partial charge in [0.25, 0.3) is 0 Å². The van der Waals surface area contributed by atoms with Crippen LogP contribution in [0.3, 0.4) is 0 Å². The molecule has 0 aliphatic carbocycles. The van der Waals surface area contributed by atoms with Crippen LogP contribution in [0.15, 0.2) is 35.4 Å². The molecule has 1 aromatic heterocycles. The van der Waals surface area contributed by atoms with Crippen molar-refractivity contribution in [2.75, 3.05) is 0 Å². The van der Waals surface area contributed by atoms with E-state index in [1.165, 1.54) is 16.6 Å². The lowest BCUT2D eigenvalue weighted by Crippen LogP contribution is -2.23. The number of fused-ring (bicyclic) bond motifs is 3. The van der Waals surface area contributed by atoms with Crippen LogP contribution in [-0.4, -0.2) is 10.4 Å². The first-order valence-corrected chi connectivity index (χ1v) is 4.73. The van der Waals surface area contributed by atoms with E-state index in [4.69, 9.17) is 0 Å². The second-order valence-corrected chi connectivity index (χ2v) is 3.52. The number of rotatable bonds is 0. The Morgan fingerprint density at radius 2 is 2.21 bits per heavy atom. The van der Waals surface area contributed by atoms with Gasteiger partial charge in [-0.2, -0.15) is 5.10 Å². The van der Waals surface area contributed by atoms with Gasteiger partial charge in [-0.15, -0.1) is 0 Å². The highest BCUT2D eigenvalue weighted by atomic mass is 15.4. The van der Waals surface area contributed by atoms with Crippen LogP contribution in [0.5, 0.6) is 0 Å². The van der Waals surface area contributed by atoms with Crippen molar-refractivity contribution in [3.05, 3.63) is 36.0 Å². The molecule has 3 heteroatoms. The Hall–Kier alpha value is -1.77. The van der Waals surface area contributed by atoms with Crippen molar-refractivity contribution < 1.29 is 0 Å². The Morgan fingerprint density at radius 1 is 1.36 bits per heavy atom. The molecule has 2 aromatic rings. The Bertz CT molecular complexity index is 522. The predicted molar refractivity (Wildman–Crippen MR) is 57.3 cm³/mol. The van der Waals surface area contributed by atoms with Crippen molar-refractivity contribution in [3.8, 4) is 0 Å². The number of aromatic nitrogens is 1. The van der Waals surface area contributed by atoms with Crippen LogP contribution in [0, 0.1) is 0 Å². The summed E-state index contributed by atoms with van der Waals surface area (Å²) in [7, 11) is 0. The van der Waals surface area contributed by atoms with Gasteiger partial charge in [0.15, 0.2) is 0 Å². The Kier molecular flexibility index (Phi) is 1.42. The maximum Gasteiger partial charge on any atom is 0.130 e. The molecule has 0 fully saturated rings. The molecule has 14 heavy (non-hydrogen) atoms. The van der Waals surface area contributed by atoms with Gasteiger partial charge in [0.1, 0.15) is 5.84 Å². The van der Waals surface area contributed by atoms with Gasteiger partial charge in [0.05, 0.1) is 12.1 Å². The summed E-state index contributed by atoms with van der Waals surface area (Å²) < 4.78 is 2.20. The van der Waals surface area contributed by atoms with Crippen molar-refractivity contribution in [2.45, 2.75) is 13.5 Å². The first-order valence-electron chi connectivity index (χ1n) is 4.73. The zero-order chi connectivity index (χ0) is 9.54. The number of nitrogens with one attached hydrogen (secondary N) is 1. The summed E-state index contributed by atoms with van der Waals surface area (Å²) in [6.07, 6.45) is 0. The summed E-state index contributed by atoms with van der Waals surface area (Å²) in [6.45, 7) is 2.83. The molecule has 0 radical (unpaired) electrons. The van der Waals surface area contributed by atoms with E-state index in [1.807, 2.05) is 6.92 Å². The van der Waals surface area contributed by atoms with Crippen LogP contribution in [0.4, 0.5) is 0 Å². The Labute approximate surface area is 82.0 Å². The number of hydrogen-bond acceptors (Lipinski definition) is 2. The molecule has 1 aliphatic heterocycles. The van der Waals surface area contributed by atoms with Gasteiger partial charge >= 0.3 is 0 Å². The highest BCUT2D eigenvalue weighted by Crippen LogP contribution is 2.21. The lowest BCUT2D eigenvalue weighted by molar-refractivity contribution is 0.684. The van der Waals surface area contributed by atoms with Gasteiger partial charge in [-0.3, -0.25) is 4.57 Å². The smallest absolute Gasteiger partial charge is 0.130 e. The summed E-state index contributed by atoms with van der Waals surface area (Å²) >= 11 is 0. The molecule has 0 atom stereocenters. The van der Waals surface area contributed by atoms with Crippen molar-refractivity contribution in [3.63, 3.8) is 0 Å². The van der Waals surface area contributed by atoms with E-state index in [0.717, 1.165) is 12.4 Å². The third-order valence-electron chi connectivity index (χ3n) is 2.61.